The number of ether oxygens (including phenoxy) is 1. The first kappa shape index (κ1) is 19.9. The highest BCUT2D eigenvalue weighted by Gasteiger charge is 2.14. The Hall–Kier alpha value is -2.86. The topological polar surface area (TPSA) is 77.2 Å². The van der Waals surface area contributed by atoms with Crippen LogP contribution in [0.3, 0.4) is 0 Å². The van der Waals surface area contributed by atoms with Gasteiger partial charge in [-0.2, -0.15) is 0 Å². The van der Waals surface area contributed by atoms with Gasteiger partial charge in [0.1, 0.15) is 22.5 Å². The molecule has 0 saturated heterocycles. The first-order valence-electron chi connectivity index (χ1n) is 9.09. The van der Waals surface area contributed by atoms with E-state index in [1.165, 1.54) is 4.80 Å². The molecule has 0 amide bonds. The molecule has 1 heterocycles. The average molecular weight is 400 g/mol. The van der Waals surface area contributed by atoms with Crippen molar-refractivity contribution in [1.82, 2.24) is 15.0 Å². The molecule has 6 nitrogen and oxygen atoms in total. The number of aromatic nitrogens is 3. The van der Waals surface area contributed by atoms with E-state index >= 15 is 0 Å². The van der Waals surface area contributed by atoms with Gasteiger partial charge in [-0.3, -0.25) is 0 Å². The molecule has 28 heavy (non-hydrogen) atoms. The lowest BCUT2D eigenvalue weighted by molar-refractivity contribution is -0.139. The molecule has 2 aromatic carbocycles. The third kappa shape index (κ3) is 4.34. The van der Waals surface area contributed by atoms with E-state index in [-0.39, 0.29) is 11.7 Å². The molecule has 3 aromatic rings. The van der Waals surface area contributed by atoms with E-state index in [4.69, 9.17) is 16.3 Å². The molecule has 146 valence electrons. The van der Waals surface area contributed by atoms with Crippen LogP contribution in [-0.4, -0.2) is 32.7 Å². The first-order chi connectivity index (χ1) is 13.4. The molecule has 3 rings (SSSR count). The van der Waals surface area contributed by atoms with Gasteiger partial charge in [-0.1, -0.05) is 31.2 Å². The van der Waals surface area contributed by atoms with Crippen molar-refractivity contribution >= 4 is 28.6 Å². The van der Waals surface area contributed by atoms with E-state index < -0.39 is 0 Å². The lowest BCUT2D eigenvalue weighted by Gasteiger charge is -2.12. The van der Waals surface area contributed by atoms with Crippen LogP contribution in [0.1, 0.15) is 31.4 Å². The van der Waals surface area contributed by atoms with Crippen molar-refractivity contribution in [1.29, 1.82) is 0 Å². The number of carbonyl (C=O) groups excluding carboxylic acids is 1. The average Bonchev–Trinajstić information content (AvgIpc) is 3.08. The van der Waals surface area contributed by atoms with Gasteiger partial charge in [-0.05, 0) is 61.6 Å². The second-order valence-electron chi connectivity index (χ2n) is 6.62. The summed E-state index contributed by atoms with van der Waals surface area (Å²) in [6.07, 6.45) is 2.02. The molecule has 0 spiro atoms. The number of hydrogen-bond acceptors (Lipinski definition) is 5. The van der Waals surface area contributed by atoms with Gasteiger partial charge in [0.2, 0.25) is 0 Å². The van der Waals surface area contributed by atoms with Gasteiger partial charge in [0.25, 0.3) is 0 Å². The Bertz CT molecular complexity index is 1040. The van der Waals surface area contributed by atoms with Crippen LogP contribution in [0.2, 0.25) is 5.02 Å². The summed E-state index contributed by atoms with van der Waals surface area (Å²) in [5, 5.41) is 20.1. The molecule has 0 radical (unpaired) electrons. The van der Waals surface area contributed by atoms with E-state index in [1.807, 2.05) is 19.1 Å². The lowest BCUT2D eigenvalue weighted by atomic mass is 10.0. The van der Waals surface area contributed by atoms with E-state index in [2.05, 4.69) is 16.8 Å². The molecule has 7 heteroatoms. The number of nitrogens with zero attached hydrogens (tertiary/aromatic N) is 3. The Labute approximate surface area is 168 Å². The molecule has 0 aliphatic rings. The van der Waals surface area contributed by atoms with Gasteiger partial charge in [-0.25, -0.2) is 4.79 Å². The van der Waals surface area contributed by atoms with Gasteiger partial charge < -0.3 is 9.84 Å². The largest absolute Gasteiger partial charge is 0.505 e. The number of carbonyl (C=O) groups is 1. The van der Waals surface area contributed by atoms with Crippen LogP contribution >= 0.6 is 11.6 Å². The second kappa shape index (κ2) is 8.44. The summed E-state index contributed by atoms with van der Waals surface area (Å²) in [5.74, 6) is -0.224. The van der Waals surface area contributed by atoms with Crippen molar-refractivity contribution < 1.29 is 14.6 Å². The molecule has 0 bridgehead atoms. The summed E-state index contributed by atoms with van der Waals surface area (Å²) in [5.41, 5.74) is 4.07. The normalized spacial score (nSPS) is 11.0. The summed E-state index contributed by atoms with van der Waals surface area (Å²) >= 11 is 6.02. The summed E-state index contributed by atoms with van der Waals surface area (Å²) in [6, 6.07) is 9.09. The van der Waals surface area contributed by atoms with Crippen LogP contribution in [0.4, 0.5) is 0 Å². The molecule has 0 aliphatic heterocycles. The minimum Gasteiger partial charge on any atom is -0.505 e. The van der Waals surface area contributed by atoms with E-state index in [0.29, 0.717) is 53.2 Å². The third-order valence-electron chi connectivity index (χ3n) is 4.36. The summed E-state index contributed by atoms with van der Waals surface area (Å²) in [6.45, 7) is 7.47. The predicted octanol–water partition coefficient (Wildman–Crippen LogP) is 4.39. The maximum Gasteiger partial charge on any atom is 0.333 e. The molecule has 0 fully saturated rings. The zero-order valence-corrected chi connectivity index (χ0v) is 16.7. The number of phenols is 1. The quantitative estimate of drug-likeness (QED) is 0.362. The van der Waals surface area contributed by atoms with E-state index in [0.717, 1.165) is 11.1 Å². The summed E-state index contributed by atoms with van der Waals surface area (Å²) < 4.78 is 5.14. The van der Waals surface area contributed by atoms with Crippen molar-refractivity contribution in [2.75, 3.05) is 6.61 Å². The molecule has 1 aromatic heterocycles. The molecule has 0 saturated carbocycles. The number of esters is 1. The van der Waals surface area contributed by atoms with Crippen LogP contribution in [0.25, 0.3) is 16.7 Å². The SMILES string of the molecule is C=C(C)C(=O)OCCCc1cc(CC)c(O)c(-n2nc3ccc(Cl)cc3n2)c1. The summed E-state index contributed by atoms with van der Waals surface area (Å²) in [4.78, 5) is 12.9. The van der Waals surface area contributed by atoms with Crippen molar-refractivity contribution in [2.24, 2.45) is 0 Å². The number of hydrogen-bond donors (Lipinski definition) is 1. The van der Waals surface area contributed by atoms with Crippen LogP contribution in [-0.2, 0) is 22.4 Å². The molecule has 0 unspecified atom stereocenters. The number of fused-ring (bicyclic) bond motifs is 1. The van der Waals surface area contributed by atoms with Crippen molar-refractivity contribution in [3.63, 3.8) is 0 Å². The molecule has 0 aliphatic carbocycles. The van der Waals surface area contributed by atoms with Gasteiger partial charge in [0, 0.05) is 10.6 Å². The minimum atomic E-state index is -0.383. The van der Waals surface area contributed by atoms with Crippen LogP contribution in [0.5, 0.6) is 5.75 Å². The third-order valence-corrected chi connectivity index (χ3v) is 4.59. The maximum atomic E-state index is 11.5. The van der Waals surface area contributed by atoms with Crippen molar-refractivity contribution in [2.45, 2.75) is 33.1 Å². The Balaban J connectivity index is 1.85. The van der Waals surface area contributed by atoms with Crippen LogP contribution in [0.15, 0.2) is 42.5 Å². The van der Waals surface area contributed by atoms with Crippen molar-refractivity contribution in [3.05, 3.63) is 58.6 Å². The number of rotatable bonds is 7. The van der Waals surface area contributed by atoms with Crippen LogP contribution in [0, 0.1) is 0 Å². The Morgan fingerprint density at radius 2 is 2.00 bits per heavy atom. The van der Waals surface area contributed by atoms with Gasteiger partial charge in [0.15, 0.2) is 0 Å². The number of aromatic hydroxyl groups is 1. The fourth-order valence-electron chi connectivity index (χ4n) is 2.87. The Kier molecular flexibility index (Phi) is 5.99. The molecular weight excluding hydrogens is 378 g/mol. The van der Waals surface area contributed by atoms with Crippen molar-refractivity contribution in [3.8, 4) is 11.4 Å². The highest BCUT2D eigenvalue weighted by Crippen LogP contribution is 2.29. The minimum absolute atomic E-state index is 0.159. The van der Waals surface area contributed by atoms with E-state index in [1.54, 1.807) is 25.1 Å². The second-order valence-corrected chi connectivity index (χ2v) is 7.05. The number of benzene rings is 2. The van der Waals surface area contributed by atoms with Crippen LogP contribution < -0.4 is 0 Å². The standard InChI is InChI=1S/C21H22ClN3O3/c1-4-15-10-14(6-5-9-28-21(27)13(2)3)11-19(20(15)26)25-23-17-8-7-16(22)12-18(17)24-25/h7-8,10-12,26H,2,4-6,9H2,1,3H3. The molecular formula is C21H22ClN3O3. The Morgan fingerprint density at radius 3 is 2.71 bits per heavy atom. The predicted molar refractivity (Wildman–Crippen MR) is 109 cm³/mol. The fourth-order valence-corrected chi connectivity index (χ4v) is 3.03. The fraction of sp³-hybridized carbons (Fsp3) is 0.286. The highest BCUT2D eigenvalue weighted by atomic mass is 35.5. The zero-order valence-electron chi connectivity index (χ0n) is 15.9. The molecule has 0 atom stereocenters. The molecule has 1 N–H and O–H groups in total. The summed E-state index contributed by atoms with van der Waals surface area (Å²) in [7, 11) is 0. The number of halogens is 1. The smallest absolute Gasteiger partial charge is 0.333 e. The zero-order chi connectivity index (χ0) is 20.3. The monoisotopic (exact) mass is 399 g/mol. The maximum absolute atomic E-state index is 11.5. The Morgan fingerprint density at radius 1 is 1.25 bits per heavy atom. The van der Waals surface area contributed by atoms with Gasteiger partial charge in [-0.15, -0.1) is 15.0 Å². The first-order valence-corrected chi connectivity index (χ1v) is 9.47. The number of aryl methyl sites for hydroxylation is 2. The lowest BCUT2D eigenvalue weighted by Crippen LogP contribution is -2.07. The van der Waals surface area contributed by atoms with Gasteiger partial charge >= 0.3 is 5.97 Å². The number of phenolic OH excluding ortho intramolecular Hbond substituents is 1. The highest BCUT2D eigenvalue weighted by molar-refractivity contribution is 6.31. The van der Waals surface area contributed by atoms with Gasteiger partial charge in [0.05, 0.1) is 6.61 Å². The van der Waals surface area contributed by atoms with E-state index in [9.17, 15) is 9.90 Å².